The number of hydrogen-bond donors (Lipinski definition) is 1. The molecule has 0 saturated heterocycles. The van der Waals surface area contributed by atoms with Crippen LogP contribution in [0.2, 0.25) is 0 Å². The second-order valence-electron chi connectivity index (χ2n) is 4.91. The molecule has 3 aromatic rings. The van der Waals surface area contributed by atoms with Crippen molar-refractivity contribution in [2.75, 3.05) is 6.54 Å². The lowest BCUT2D eigenvalue weighted by Crippen LogP contribution is -2.25. The summed E-state index contributed by atoms with van der Waals surface area (Å²) < 4.78 is 11.0. The van der Waals surface area contributed by atoms with Gasteiger partial charge >= 0.3 is 0 Å². The summed E-state index contributed by atoms with van der Waals surface area (Å²) in [7, 11) is 0. The number of amides is 1. The van der Waals surface area contributed by atoms with Crippen LogP contribution in [0.15, 0.2) is 39.2 Å². The number of aromatic nitrogens is 1. The van der Waals surface area contributed by atoms with Crippen LogP contribution in [0.1, 0.15) is 27.8 Å². The number of para-hydroxylation sites is 2. The summed E-state index contributed by atoms with van der Waals surface area (Å²) in [4.78, 5) is 16.4. The van der Waals surface area contributed by atoms with Gasteiger partial charge in [0, 0.05) is 13.0 Å². The lowest BCUT2D eigenvalue weighted by Gasteiger charge is -2.01. The minimum Gasteiger partial charge on any atom is -0.466 e. The molecule has 0 aliphatic rings. The molecule has 0 radical (unpaired) electrons. The topological polar surface area (TPSA) is 68.3 Å². The third-order valence-corrected chi connectivity index (χ3v) is 3.25. The van der Waals surface area contributed by atoms with Crippen LogP contribution in [0.5, 0.6) is 0 Å². The number of carbonyl (C=O) groups is 1. The summed E-state index contributed by atoms with van der Waals surface area (Å²) in [5.41, 5.74) is 2.17. The van der Waals surface area contributed by atoms with Crippen molar-refractivity contribution in [3.05, 3.63) is 53.3 Å². The molecule has 5 nitrogen and oxygen atoms in total. The quantitative estimate of drug-likeness (QED) is 0.799. The van der Waals surface area contributed by atoms with Crippen molar-refractivity contribution in [3.8, 4) is 0 Å². The van der Waals surface area contributed by atoms with Crippen molar-refractivity contribution in [1.82, 2.24) is 10.3 Å². The second kappa shape index (κ2) is 5.44. The van der Waals surface area contributed by atoms with E-state index in [4.69, 9.17) is 8.83 Å². The van der Waals surface area contributed by atoms with Gasteiger partial charge in [-0.15, -0.1) is 0 Å². The molecule has 1 amide bonds. The Hall–Kier alpha value is -2.56. The maximum Gasteiger partial charge on any atom is 0.254 e. The molecule has 5 heteroatoms. The molecule has 0 unspecified atom stereocenters. The fourth-order valence-electron chi connectivity index (χ4n) is 2.26. The minimum atomic E-state index is -0.138. The molecule has 1 N–H and O–H groups in total. The van der Waals surface area contributed by atoms with Gasteiger partial charge in [-0.05, 0) is 32.0 Å². The van der Waals surface area contributed by atoms with Gasteiger partial charge in [-0.25, -0.2) is 4.98 Å². The van der Waals surface area contributed by atoms with Crippen LogP contribution in [0.25, 0.3) is 11.1 Å². The molecule has 0 spiro atoms. The number of furan rings is 1. The Balaban J connectivity index is 1.60. The Kier molecular flexibility index (Phi) is 3.48. The minimum absolute atomic E-state index is 0.138. The van der Waals surface area contributed by atoms with Crippen LogP contribution in [-0.4, -0.2) is 17.4 Å². The Labute approximate surface area is 122 Å². The van der Waals surface area contributed by atoms with Crippen molar-refractivity contribution in [2.45, 2.75) is 20.3 Å². The average Bonchev–Trinajstić information content (AvgIpc) is 3.01. The fourth-order valence-corrected chi connectivity index (χ4v) is 2.26. The number of hydrogen-bond acceptors (Lipinski definition) is 4. The van der Waals surface area contributed by atoms with Gasteiger partial charge in [0.05, 0.1) is 5.56 Å². The first-order valence-electron chi connectivity index (χ1n) is 6.83. The van der Waals surface area contributed by atoms with E-state index in [-0.39, 0.29) is 5.91 Å². The van der Waals surface area contributed by atoms with Gasteiger partial charge in [-0.2, -0.15) is 0 Å². The second-order valence-corrected chi connectivity index (χ2v) is 4.91. The van der Waals surface area contributed by atoms with Crippen molar-refractivity contribution in [2.24, 2.45) is 0 Å². The van der Waals surface area contributed by atoms with Crippen molar-refractivity contribution >= 4 is 17.0 Å². The van der Waals surface area contributed by atoms with E-state index < -0.39 is 0 Å². The molecule has 0 atom stereocenters. The van der Waals surface area contributed by atoms with Crippen molar-refractivity contribution in [1.29, 1.82) is 0 Å². The zero-order valence-corrected chi connectivity index (χ0v) is 12.0. The van der Waals surface area contributed by atoms with Gasteiger partial charge in [0.1, 0.15) is 17.0 Å². The van der Waals surface area contributed by atoms with Crippen LogP contribution >= 0.6 is 0 Å². The van der Waals surface area contributed by atoms with Gasteiger partial charge in [-0.1, -0.05) is 12.1 Å². The Morgan fingerprint density at radius 1 is 1.24 bits per heavy atom. The number of nitrogens with zero attached hydrogens (tertiary/aromatic N) is 1. The van der Waals surface area contributed by atoms with E-state index in [9.17, 15) is 4.79 Å². The lowest BCUT2D eigenvalue weighted by atomic mass is 10.2. The van der Waals surface area contributed by atoms with Gasteiger partial charge < -0.3 is 14.2 Å². The third kappa shape index (κ3) is 2.81. The molecule has 1 aromatic carbocycles. The molecular formula is C16H16N2O3. The number of fused-ring (bicyclic) bond motifs is 1. The maximum atomic E-state index is 12.0. The Morgan fingerprint density at radius 2 is 2.05 bits per heavy atom. The Bertz CT molecular complexity index is 753. The van der Waals surface area contributed by atoms with E-state index in [1.54, 1.807) is 13.0 Å². The highest BCUT2D eigenvalue weighted by Gasteiger charge is 2.13. The monoisotopic (exact) mass is 284 g/mol. The molecule has 108 valence electrons. The molecule has 3 rings (SSSR count). The normalized spacial score (nSPS) is 11.0. The molecule has 0 fully saturated rings. The van der Waals surface area contributed by atoms with E-state index >= 15 is 0 Å². The predicted molar refractivity (Wildman–Crippen MR) is 78.2 cm³/mol. The number of rotatable bonds is 4. The summed E-state index contributed by atoms with van der Waals surface area (Å²) >= 11 is 0. The molecule has 21 heavy (non-hydrogen) atoms. The van der Waals surface area contributed by atoms with E-state index in [0.717, 1.165) is 16.9 Å². The van der Waals surface area contributed by atoms with Gasteiger partial charge in [-0.3, -0.25) is 4.79 Å². The zero-order valence-electron chi connectivity index (χ0n) is 12.0. The highest BCUT2D eigenvalue weighted by Crippen LogP contribution is 2.15. The molecule has 2 aromatic heterocycles. The smallest absolute Gasteiger partial charge is 0.254 e. The highest BCUT2D eigenvalue weighted by molar-refractivity contribution is 5.95. The van der Waals surface area contributed by atoms with Crippen molar-refractivity contribution < 1.29 is 13.6 Å². The molecule has 2 heterocycles. The summed E-state index contributed by atoms with van der Waals surface area (Å²) in [5, 5.41) is 2.85. The number of benzene rings is 1. The summed E-state index contributed by atoms with van der Waals surface area (Å²) in [6.07, 6.45) is 0.552. The Morgan fingerprint density at radius 3 is 2.76 bits per heavy atom. The fraction of sp³-hybridized carbons (Fsp3) is 0.250. The van der Waals surface area contributed by atoms with Gasteiger partial charge in [0.2, 0.25) is 0 Å². The first kappa shape index (κ1) is 13.4. The summed E-state index contributed by atoms with van der Waals surface area (Å²) in [6, 6.07) is 9.34. The molecule has 0 bridgehead atoms. The lowest BCUT2D eigenvalue weighted by molar-refractivity contribution is 0.0952. The molecule has 0 saturated carbocycles. The number of oxazole rings is 1. The number of aryl methyl sites for hydroxylation is 2. The maximum absolute atomic E-state index is 12.0. The van der Waals surface area contributed by atoms with E-state index in [1.165, 1.54) is 0 Å². The van der Waals surface area contributed by atoms with Crippen LogP contribution in [0, 0.1) is 13.8 Å². The zero-order chi connectivity index (χ0) is 14.8. The summed E-state index contributed by atoms with van der Waals surface area (Å²) in [5.74, 6) is 1.85. The third-order valence-electron chi connectivity index (χ3n) is 3.25. The van der Waals surface area contributed by atoms with Crippen LogP contribution < -0.4 is 5.32 Å². The van der Waals surface area contributed by atoms with Gasteiger partial charge in [0.25, 0.3) is 5.91 Å². The highest BCUT2D eigenvalue weighted by atomic mass is 16.3. The SMILES string of the molecule is Cc1cc(C(=O)NCCc2nc3ccccc3o2)c(C)o1. The molecule has 0 aliphatic heterocycles. The molecule has 0 aliphatic carbocycles. The van der Waals surface area contributed by atoms with Crippen LogP contribution in [0.3, 0.4) is 0 Å². The van der Waals surface area contributed by atoms with E-state index in [0.29, 0.717) is 30.2 Å². The average molecular weight is 284 g/mol. The van der Waals surface area contributed by atoms with Crippen LogP contribution in [0.4, 0.5) is 0 Å². The van der Waals surface area contributed by atoms with Gasteiger partial charge in [0.15, 0.2) is 11.5 Å². The molecular weight excluding hydrogens is 268 g/mol. The first-order chi connectivity index (χ1) is 10.1. The van der Waals surface area contributed by atoms with Crippen molar-refractivity contribution in [3.63, 3.8) is 0 Å². The predicted octanol–water partition coefficient (Wildman–Crippen LogP) is 3.01. The number of nitrogens with one attached hydrogen (secondary N) is 1. The first-order valence-corrected chi connectivity index (χ1v) is 6.83. The van der Waals surface area contributed by atoms with Crippen LogP contribution in [-0.2, 0) is 6.42 Å². The number of carbonyl (C=O) groups excluding carboxylic acids is 1. The summed E-state index contributed by atoms with van der Waals surface area (Å²) in [6.45, 7) is 4.07. The van der Waals surface area contributed by atoms with E-state index in [1.807, 2.05) is 31.2 Å². The largest absolute Gasteiger partial charge is 0.466 e. The van der Waals surface area contributed by atoms with E-state index in [2.05, 4.69) is 10.3 Å². The standard InChI is InChI=1S/C16H16N2O3/c1-10-9-12(11(2)20-10)16(19)17-8-7-15-18-13-5-3-4-6-14(13)21-15/h3-6,9H,7-8H2,1-2H3,(H,17,19).